The molecular formula is C14H21NO4. The van der Waals surface area contributed by atoms with Crippen LogP contribution in [0.1, 0.15) is 19.3 Å². The molecule has 0 radical (unpaired) electrons. The van der Waals surface area contributed by atoms with Gasteiger partial charge in [0.15, 0.2) is 0 Å². The summed E-state index contributed by atoms with van der Waals surface area (Å²) < 4.78 is 10.6. The number of carboxylic acid groups (broad SMARTS) is 1. The molecule has 5 heteroatoms. The van der Waals surface area contributed by atoms with E-state index in [0.717, 1.165) is 12.2 Å². The van der Waals surface area contributed by atoms with E-state index in [9.17, 15) is 4.79 Å². The number of methoxy groups -OCH3 is 1. The second-order valence-electron chi connectivity index (χ2n) is 4.28. The van der Waals surface area contributed by atoms with Crippen molar-refractivity contribution >= 4 is 5.97 Å². The van der Waals surface area contributed by atoms with Gasteiger partial charge in [-0.2, -0.15) is 0 Å². The fourth-order valence-electron chi connectivity index (χ4n) is 1.75. The Labute approximate surface area is 113 Å². The summed E-state index contributed by atoms with van der Waals surface area (Å²) in [6.45, 7) is 0.900. The van der Waals surface area contributed by atoms with E-state index in [1.807, 2.05) is 0 Å². The molecule has 106 valence electrons. The minimum Gasteiger partial charge on any atom is -0.497 e. The molecule has 0 aliphatic rings. The molecule has 1 atom stereocenters. The molecule has 0 saturated heterocycles. The van der Waals surface area contributed by atoms with Gasteiger partial charge < -0.3 is 20.3 Å². The third-order valence-corrected chi connectivity index (χ3v) is 2.90. The van der Waals surface area contributed by atoms with Gasteiger partial charge in [-0.25, -0.2) is 0 Å². The predicted octanol–water partition coefficient (Wildman–Crippen LogP) is 1.90. The van der Waals surface area contributed by atoms with Crippen molar-refractivity contribution in [1.29, 1.82) is 0 Å². The molecule has 0 heterocycles. The van der Waals surface area contributed by atoms with Crippen LogP contribution in [0, 0.1) is 5.92 Å². The third kappa shape index (κ3) is 5.61. The van der Waals surface area contributed by atoms with Crippen molar-refractivity contribution < 1.29 is 19.4 Å². The zero-order chi connectivity index (χ0) is 14.1. The highest BCUT2D eigenvalue weighted by molar-refractivity contribution is 5.69. The Morgan fingerprint density at radius 2 is 1.89 bits per heavy atom. The summed E-state index contributed by atoms with van der Waals surface area (Å²) >= 11 is 0. The third-order valence-electron chi connectivity index (χ3n) is 2.90. The van der Waals surface area contributed by atoms with Crippen molar-refractivity contribution in [3.05, 3.63) is 24.3 Å². The van der Waals surface area contributed by atoms with Crippen LogP contribution in [0.15, 0.2) is 24.3 Å². The first-order valence-corrected chi connectivity index (χ1v) is 6.37. The van der Waals surface area contributed by atoms with E-state index >= 15 is 0 Å². The van der Waals surface area contributed by atoms with Gasteiger partial charge >= 0.3 is 5.97 Å². The van der Waals surface area contributed by atoms with Gasteiger partial charge in [-0.05, 0) is 50.1 Å². The molecule has 1 aromatic rings. The Morgan fingerprint density at radius 3 is 2.42 bits per heavy atom. The number of ether oxygens (including phenoxy) is 2. The second kappa shape index (κ2) is 8.37. The fourth-order valence-corrected chi connectivity index (χ4v) is 1.75. The minimum absolute atomic E-state index is 0.383. The number of rotatable bonds is 9. The Morgan fingerprint density at radius 1 is 1.26 bits per heavy atom. The lowest BCUT2D eigenvalue weighted by Gasteiger charge is -2.12. The second-order valence-corrected chi connectivity index (χ2v) is 4.28. The van der Waals surface area contributed by atoms with Crippen LogP contribution in [0.2, 0.25) is 0 Å². The molecule has 0 aliphatic carbocycles. The van der Waals surface area contributed by atoms with Crippen molar-refractivity contribution in [2.45, 2.75) is 19.3 Å². The molecule has 0 aromatic heterocycles. The van der Waals surface area contributed by atoms with Crippen LogP contribution in [0.4, 0.5) is 0 Å². The van der Waals surface area contributed by atoms with Gasteiger partial charge in [-0.3, -0.25) is 4.79 Å². The maximum Gasteiger partial charge on any atom is 0.306 e. The van der Waals surface area contributed by atoms with Crippen LogP contribution in [-0.2, 0) is 4.79 Å². The first-order chi connectivity index (χ1) is 9.17. The van der Waals surface area contributed by atoms with Crippen LogP contribution in [-0.4, -0.2) is 31.3 Å². The topological polar surface area (TPSA) is 81.8 Å². The number of hydrogen-bond acceptors (Lipinski definition) is 4. The SMILES string of the molecule is COc1ccc(OCCC(CCCN)C(=O)O)cc1. The van der Waals surface area contributed by atoms with E-state index in [2.05, 4.69) is 0 Å². The standard InChI is InChI=1S/C14H21NO4/c1-18-12-4-6-13(7-5-12)19-10-8-11(14(16)17)3-2-9-15/h4-7,11H,2-3,8-10,15H2,1H3,(H,16,17). The van der Waals surface area contributed by atoms with E-state index in [4.69, 9.17) is 20.3 Å². The average Bonchev–Trinajstić information content (AvgIpc) is 2.43. The largest absolute Gasteiger partial charge is 0.497 e. The number of aliphatic carboxylic acids is 1. The highest BCUT2D eigenvalue weighted by atomic mass is 16.5. The van der Waals surface area contributed by atoms with Gasteiger partial charge in [0, 0.05) is 0 Å². The van der Waals surface area contributed by atoms with Gasteiger partial charge in [-0.15, -0.1) is 0 Å². The molecule has 5 nitrogen and oxygen atoms in total. The zero-order valence-corrected chi connectivity index (χ0v) is 11.2. The van der Waals surface area contributed by atoms with E-state index in [1.54, 1.807) is 31.4 Å². The molecular weight excluding hydrogens is 246 g/mol. The van der Waals surface area contributed by atoms with Crippen molar-refractivity contribution in [3.8, 4) is 11.5 Å². The molecule has 1 unspecified atom stereocenters. The van der Waals surface area contributed by atoms with Crippen molar-refractivity contribution in [2.75, 3.05) is 20.3 Å². The summed E-state index contributed by atoms with van der Waals surface area (Å²) in [5, 5.41) is 9.05. The first kappa shape index (κ1) is 15.3. The highest BCUT2D eigenvalue weighted by Gasteiger charge is 2.16. The summed E-state index contributed by atoms with van der Waals surface area (Å²) in [7, 11) is 1.60. The molecule has 0 saturated carbocycles. The highest BCUT2D eigenvalue weighted by Crippen LogP contribution is 2.18. The Kier molecular flexibility index (Phi) is 6.74. The molecule has 1 rings (SSSR count). The summed E-state index contributed by atoms with van der Waals surface area (Å²) in [5.74, 6) is 0.302. The average molecular weight is 267 g/mol. The molecule has 0 bridgehead atoms. The van der Waals surface area contributed by atoms with Crippen LogP contribution in [0.3, 0.4) is 0 Å². The van der Waals surface area contributed by atoms with Crippen LogP contribution in [0.5, 0.6) is 11.5 Å². The first-order valence-electron chi connectivity index (χ1n) is 6.37. The lowest BCUT2D eigenvalue weighted by molar-refractivity contribution is -0.142. The molecule has 3 N–H and O–H groups in total. The molecule has 0 aliphatic heterocycles. The maximum atomic E-state index is 11.0. The Bertz CT molecular complexity index is 378. The number of hydrogen-bond donors (Lipinski definition) is 2. The number of carbonyl (C=O) groups is 1. The van der Waals surface area contributed by atoms with Gasteiger partial charge in [0.2, 0.25) is 0 Å². The van der Waals surface area contributed by atoms with Gasteiger partial charge in [0.25, 0.3) is 0 Å². The summed E-state index contributed by atoms with van der Waals surface area (Å²) in [6.07, 6.45) is 1.80. The summed E-state index contributed by atoms with van der Waals surface area (Å²) in [4.78, 5) is 11.0. The Balaban J connectivity index is 2.36. The van der Waals surface area contributed by atoms with E-state index < -0.39 is 5.97 Å². The molecule has 19 heavy (non-hydrogen) atoms. The van der Waals surface area contributed by atoms with Crippen molar-refractivity contribution in [3.63, 3.8) is 0 Å². The van der Waals surface area contributed by atoms with Crippen LogP contribution >= 0.6 is 0 Å². The predicted molar refractivity (Wildman–Crippen MR) is 72.5 cm³/mol. The summed E-state index contributed by atoms with van der Waals surface area (Å²) in [6, 6.07) is 7.21. The van der Waals surface area contributed by atoms with Crippen molar-refractivity contribution in [1.82, 2.24) is 0 Å². The number of benzene rings is 1. The molecule has 0 fully saturated rings. The molecule has 1 aromatic carbocycles. The Hall–Kier alpha value is -1.75. The smallest absolute Gasteiger partial charge is 0.306 e. The van der Waals surface area contributed by atoms with Crippen LogP contribution < -0.4 is 15.2 Å². The summed E-state index contributed by atoms with van der Waals surface area (Å²) in [5.41, 5.74) is 5.39. The number of carboxylic acids is 1. The van der Waals surface area contributed by atoms with E-state index in [-0.39, 0.29) is 5.92 Å². The van der Waals surface area contributed by atoms with Gasteiger partial charge in [0.1, 0.15) is 11.5 Å². The normalized spacial score (nSPS) is 11.9. The van der Waals surface area contributed by atoms with Crippen LogP contribution in [0.25, 0.3) is 0 Å². The zero-order valence-electron chi connectivity index (χ0n) is 11.2. The van der Waals surface area contributed by atoms with E-state index in [1.165, 1.54) is 0 Å². The monoisotopic (exact) mass is 267 g/mol. The van der Waals surface area contributed by atoms with Gasteiger partial charge in [-0.1, -0.05) is 0 Å². The van der Waals surface area contributed by atoms with Crippen molar-refractivity contribution in [2.24, 2.45) is 11.7 Å². The lowest BCUT2D eigenvalue weighted by Crippen LogP contribution is -2.18. The minimum atomic E-state index is -0.785. The maximum absolute atomic E-state index is 11.0. The quantitative estimate of drug-likeness (QED) is 0.714. The number of nitrogens with two attached hydrogens (primary N) is 1. The molecule has 0 spiro atoms. The lowest BCUT2D eigenvalue weighted by atomic mass is 10.0. The van der Waals surface area contributed by atoms with Gasteiger partial charge in [0.05, 0.1) is 19.6 Å². The van der Waals surface area contributed by atoms with E-state index in [0.29, 0.717) is 31.7 Å². The molecule has 0 amide bonds. The fraction of sp³-hybridized carbons (Fsp3) is 0.500.